The van der Waals surface area contributed by atoms with Gasteiger partial charge < -0.3 is 5.11 Å². The van der Waals surface area contributed by atoms with E-state index in [0.717, 1.165) is 12.0 Å². The van der Waals surface area contributed by atoms with Gasteiger partial charge in [-0.25, -0.2) is 0 Å². The Morgan fingerprint density at radius 1 is 1.27 bits per heavy atom. The van der Waals surface area contributed by atoms with Crippen molar-refractivity contribution in [3.05, 3.63) is 35.4 Å². The summed E-state index contributed by atoms with van der Waals surface area (Å²) in [6.07, 6.45) is 0.667. The second-order valence-corrected chi connectivity index (χ2v) is 3.28. The summed E-state index contributed by atoms with van der Waals surface area (Å²) in [5, 5.41) is 9.55. The number of aliphatic hydroxyl groups excluding tert-OH is 1. The Labute approximate surface area is 66.7 Å². The summed E-state index contributed by atoms with van der Waals surface area (Å²) in [4.78, 5) is 0. The van der Waals surface area contributed by atoms with Crippen molar-refractivity contribution < 1.29 is 5.11 Å². The first-order valence-electron chi connectivity index (χ1n) is 4.06. The standard InChI is InChI=1S/C10H12O/c1-7-6-10(11)9-5-3-2-4-8(7)9/h2-5,7,10-11H,6H2,1H3/t7-,10+/m1/s1. The molecule has 0 unspecified atom stereocenters. The summed E-state index contributed by atoms with van der Waals surface area (Å²) in [7, 11) is 0. The van der Waals surface area contributed by atoms with Crippen LogP contribution in [0.5, 0.6) is 0 Å². The van der Waals surface area contributed by atoms with Crippen molar-refractivity contribution in [2.45, 2.75) is 25.4 Å². The SMILES string of the molecule is C[C@@H]1C[C@H](O)c2ccccc21. The van der Waals surface area contributed by atoms with Crippen LogP contribution >= 0.6 is 0 Å². The molecule has 2 rings (SSSR count). The first-order chi connectivity index (χ1) is 5.29. The van der Waals surface area contributed by atoms with Gasteiger partial charge in [0.15, 0.2) is 0 Å². The van der Waals surface area contributed by atoms with Crippen LogP contribution in [0, 0.1) is 0 Å². The summed E-state index contributed by atoms with van der Waals surface area (Å²) < 4.78 is 0. The fourth-order valence-corrected chi connectivity index (χ4v) is 1.85. The molecule has 1 aliphatic rings. The van der Waals surface area contributed by atoms with Gasteiger partial charge in [-0.05, 0) is 23.5 Å². The molecule has 0 aromatic heterocycles. The van der Waals surface area contributed by atoms with E-state index in [2.05, 4.69) is 13.0 Å². The summed E-state index contributed by atoms with van der Waals surface area (Å²) in [6, 6.07) is 8.15. The lowest BCUT2D eigenvalue weighted by Gasteiger charge is -2.01. The van der Waals surface area contributed by atoms with Crippen LogP contribution in [0.1, 0.15) is 36.5 Å². The molecule has 0 amide bonds. The normalized spacial score (nSPS) is 28.5. The minimum Gasteiger partial charge on any atom is -0.388 e. The second kappa shape index (κ2) is 2.35. The summed E-state index contributed by atoms with van der Waals surface area (Å²) in [6.45, 7) is 2.16. The molecule has 1 aromatic carbocycles. The van der Waals surface area contributed by atoms with Gasteiger partial charge in [0.2, 0.25) is 0 Å². The molecular weight excluding hydrogens is 136 g/mol. The van der Waals surface area contributed by atoms with Crippen LogP contribution in [0.15, 0.2) is 24.3 Å². The second-order valence-electron chi connectivity index (χ2n) is 3.28. The van der Waals surface area contributed by atoms with Gasteiger partial charge in [0.1, 0.15) is 0 Å². The van der Waals surface area contributed by atoms with E-state index in [9.17, 15) is 5.11 Å². The van der Waals surface area contributed by atoms with Crippen molar-refractivity contribution in [1.29, 1.82) is 0 Å². The van der Waals surface area contributed by atoms with E-state index in [4.69, 9.17) is 0 Å². The van der Waals surface area contributed by atoms with Gasteiger partial charge in [0.05, 0.1) is 6.10 Å². The van der Waals surface area contributed by atoms with Crippen molar-refractivity contribution in [2.24, 2.45) is 0 Å². The molecule has 1 heteroatoms. The molecule has 1 N–H and O–H groups in total. The molecule has 0 spiro atoms. The fourth-order valence-electron chi connectivity index (χ4n) is 1.85. The molecule has 0 saturated heterocycles. The maximum absolute atomic E-state index is 9.55. The van der Waals surface area contributed by atoms with E-state index in [1.54, 1.807) is 0 Å². The zero-order chi connectivity index (χ0) is 7.84. The summed E-state index contributed by atoms with van der Waals surface area (Å²) >= 11 is 0. The van der Waals surface area contributed by atoms with Crippen LogP contribution < -0.4 is 0 Å². The van der Waals surface area contributed by atoms with E-state index in [0.29, 0.717) is 5.92 Å². The van der Waals surface area contributed by atoms with Gasteiger partial charge in [-0.15, -0.1) is 0 Å². The van der Waals surface area contributed by atoms with Gasteiger partial charge in [0.25, 0.3) is 0 Å². The van der Waals surface area contributed by atoms with Crippen LogP contribution in [0.25, 0.3) is 0 Å². The molecular formula is C10H12O. The van der Waals surface area contributed by atoms with Crippen molar-refractivity contribution in [3.8, 4) is 0 Å². The van der Waals surface area contributed by atoms with Crippen LogP contribution in [0.4, 0.5) is 0 Å². The summed E-state index contributed by atoms with van der Waals surface area (Å²) in [5.41, 5.74) is 2.44. The Balaban J connectivity index is 2.52. The molecule has 58 valence electrons. The van der Waals surface area contributed by atoms with Crippen LogP contribution in [0.3, 0.4) is 0 Å². The van der Waals surface area contributed by atoms with Crippen molar-refractivity contribution >= 4 is 0 Å². The Bertz CT molecular complexity index is 240. The molecule has 1 aromatic rings. The lowest BCUT2D eigenvalue weighted by Crippen LogP contribution is -1.88. The maximum Gasteiger partial charge on any atom is 0.0798 e. The third kappa shape index (κ3) is 0.962. The first kappa shape index (κ1) is 6.86. The molecule has 0 saturated carbocycles. The minimum atomic E-state index is -0.221. The van der Waals surface area contributed by atoms with E-state index >= 15 is 0 Å². The number of benzene rings is 1. The highest BCUT2D eigenvalue weighted by atomic mass is 16.3. The minimum absolute atomic E-state index is 0.221. The zero-order valence-corrected chi connectivity index (χ0v) is 6.62. The first-order valence-corrected chi connectivity index (χ1v) is 4.06. The highest BCUT2D eigenvalue weighted by Crippen LogP contribution is 2.39. The van der Waals surface area contributed by atoms with E-state index < -0.39 is 0 Å². The van der Waals surface area contributed by atoms with Crippen molar-refractivity contribution in [1.82, 2.24) is 0 Å². The highest BCUT2D eigenvalue weighted by Gasteiger charge is 2.25. The molecule has 1 nitrogen and oxygen atoms in total. The third-order valence-corrected chi connectivity index (χ3v) is 2.46. The van der Waals surface area contributed by atoms with Gasteiger partial charge in [-0.1, -0.05) is 31.2 Å². The Morgan fingerprint density at radius 3 is 2.55 bits per heavy atom. The van der Waals surface area contributed by atoms with Gasteiger partial charge in [-0.2, -0.15) is 0 Å². The topological polar surface area (TPSA) is 20.2 Å². The van der Waals surface area contributed by atoms with Crippen molar-refractivity contribution in [2.75, 3.05) is 0 Å². The average molecular weight is 148 g/mol. The maximum atomic E-state index is 9.55. The monoisotopic (exact) mass is 148 g/mol. The molecule has 0 fully saturated rings. The third-order valence-electron chi connectivity index (χ3n) is 2.46. The molecule has 11 heavy (non-hydrogen) atoms. The smallest absolute Gasteiger partial charge is 0.0798 e. The Kier molecular flexibility index (Phi) is 1.46. The van der Waals surface area contributed by atoms with E-state index in [-0.39, 0.29) is 6.10 Å². The number of hydrogen-bond acceptors (Lipinski definition) is 1. The molecule has 1 aliphatic carbocycles. The quantitative estimate of drug-likeness (QED) is 0.598. The summed E-state index contributed by atoms with van der Waals surface area (Å²) in [5.74, 6) is 0.529. The molecule has 0 bridgehead atoms. The fraction of sp³-hybridized carbons (Fsp3) is 0.400. The predicted octanol–water partition coefficient (Wildman–Crippen LogP) is 2.23. The number of rotatable bonds is 0. The van der Waals surface area contributed by atoms with Crippen LogP contribution in [-0.4, -0.2) is 5.11 Å². The van der Waals surface area contributed by atoms with Gasteiger partial charge in [0, 0.05) is 0 Å². The molecule has 2 atom stereocenters. The molecule has 0 radical (unpaired) electrons. The van der Waals surface area contributed by atoms with Crippen molar-refractivity contribution in [3.63, 3.8) is 0 Å². The number of aliphatic hydroxyl groups is 1. The molecule has 0 heterocycles. The van der Waals surface area contributed by atoms with Crippen LogP contribution in [0.2, 0.25) is 0 Å². The van der Waals surface area contributed by atoms with Gasteiger partial charge in [-0.3, -0.25) is 0 Å². The lowest BCUT2D eigenvalue weighted by atomic mass is 10.0. The Hall–Kier alpha value is -0.820. The lowest BCUT2D eigenvalue weighted by molar-refractivity contribution is 0.174. The zero-order valence-electron chi connectivity index (χ0n) is 6.62. The van der Waals surface area contributed by atoms with E-state index in [1.165, 1.54) is 5.56 Å². The highest BCUT2D eigenvalue weighted by molar-refractivity contribution is 5.36. The largest absolute Gasteiger partial charge is 0.388 e. The van der Waals surface area contributed by atoms with Gasteiger partial charge >= 0.3 is 0 Å². The number of fused-ring (bicyclic) bond motifs is 1. The number of hydrogen-bond donors (Lipinski definition) is 1. The van der Waals surface area contributed by atoms with E-state index in [1.807, 2.05) is 18.2 Å². The predicted molar refractivity (Wildman–Crippen MR) is 44.4 cm³/mol. The molecule has 0 aliphatic heterocycles. The van der Waals surface area contributed by atoms with Crippen LogP contribution in [-0.2, 0) is 0 Å². The average Bonchev–Trinajstić information content (AvgIpc) is 2.30. The Morgan fingerprint density at radius 2 is 1.91 bits per heavy atom.